The SMILES string of the molecule is Cl.N[C@@H](c1cc(Cl)cc(Cl)c1Cl)C1CCCCC1. The van der Waals surface area contributed by atoms with E-state index in [1.165, 1.54) is 32.1 Å². The van der Waals surface area contributed by atoms with Crippen molar-refractivity contribution in [2.75, 3.05) is 0 Å². The maximum Gasteiger partial charge on any atom is 0.0641 e. The van der Waals surface area contributed by atoms with Gasteiger partial charge < -0.3 is 5.73 Å². The molecule has 0 radical (unpaired) electrons. The van der Waals surface area contributed by atoms with E-state index in [9.17, 15) is 0 Å². The summed E-state index contributed by atoms with van der Waals surface area (Å²) >= 11 is 18.2. The summed E-state index contributed by atoms with van der Waals surface area (Å²) in [7, 11) is 0. The minimum absolute atomic E-state index is 0. The monoisotopic (exact) mass is 327 g/mol. The Morgan fingerprint density at radius 1 is 1.06 bits per heavy atom. The zero-order valence-electron chi connectivity index (χ0n) is 9.96. The van der Waals surface area contributed by atoms with Gasteiger partial charge in [0.25, 0.3) is 0 Å². The summed E-state index contributed by atoms with van der Waals surface area (Å²) in [6.45, 7) is 0. The second-order valence-corrected chi connectivity index (χ2v) is 5.94. The second-order valence-electron chi connectivity index (χ2n) is 4.71. The van der Waals surface area contributed by atoms with Gasteiger partial charge in [-0.05, 0) is 36.5 Å². The Labute approximate surface area is 129 Å². The molecule has 0 spiro atoms. The first kappa shape index (κ1) is 16.4. The van der Waals surface area contributed by atoms with Gasteiger partial charge in [-0.15, -0.1) is 12.4 Å². The Balaban J connectivity index is 0.00000162. The van der Waals surface area contributed by atoms with Crippen LogP contribution < -0.4 is 5.73 Å². The van der Waals surface area contributed by atoms with Crippen molar-refractivity contribution in [3.05, 3.63) is 32.8 Å². The summed E-state index contributed by atoms with van der Waals surface area (Å²) < 4.78 is 0. The van der Waals surface area contributed by atoms with Gasteiger partial charge in [-0.25, -0.2) is 0 Å². The van der Waals surface area contributed by atoms with Gasteiger partial charge in [-0.1, -0.05) is 54.1 Å². The molecule has 1 nitrogen and oxygen atoms in total. The number of halogens is 4. The van der Waals surface area contributed by atoms with Crippen LogP contribution in [-0.4, -0.2) is 0 Å². The van der Waals surface area contributed by atoms with E-state index in [0.717, 1.165) is 5.56 Å². The van der Waals surface area contributed by atoms with Crippen molar-refractivity contribution in [3.63, 3.8) is 0 Å². The summed E-state index contributed by atoms with van der Waals surface area (Å²) in [5, 5.41) is 1.63. The van der Waals surface area contributed by atoms with Crippen LogP contribution in [0.3, 0.4) is 0 Å². The van der Waals surface area contributed by atoms with E-state index in [2.05, 4.69) is 0 Å². The zero-order valence-corrected chi connectivity index (χ0v) is 13.0. The first-order valence-electron chi connectivity index (χ1n) is 5.99. The highest BCUT2D eigenvalue weighted by atomic mass is 35.5. The maximum absolute atomic E-state index is 6.31. The zero-order chi connectivity index (χ0) is 12.4. The molecule has 2 N–H and O–H groups in total. The van der Waals surface area contributed by atoms with Crippen LogP contribution >= 0.6 is 47.2 Å². The number of rotatable bonds is 2. The molecule has 102 valence electrons. The van der Waals surface area contributed by atoms with E-state index in [4.69, 9.17) is 40.5 Å². The lowest BCUT2D eigenvalue weighted by Crippen LogP contribution is -2.23. The molecule has 1 aliphatic carbocycles. The molecule has 0 amide bonds. The molecular weight excluding hydrogens is 312 g/mol. The van der Waals surface area contributed by atoms with Crippen LogP contribution in [0.15, 0.2) is 12.1 Å². The minimum Gasteiger partial charge on any atom is -0.324 e. The Morgan fingerprint density at radius 3 is 2.28 bits per heavy atom. The van der Waals surface area contributed by atoms with Crippen molar-refractivity contribution in [1.82, 2.24) is 0 Å². The third kappa shape index (κ3) is 3.68. The van der Waals surface area contributed by atoms with E-state index in [1.807, 2.05) is 6.07 Å². The number of benzene rings is 1. The molecule has 0 saturated heterocycles. The Morgan fingerprint density at radius 2 is 1.67 bits per heavy atom. The van der Waals surface area contributed by atoms with E-state index in [0.29, 0.717) is 21.0 Å². The summed E-state index contributed by atoms with van der Waals surface area (Å²) in [5.41, 5.74) is 7.19. The van der Waals surface area contributed by atoms with E-state index >= 15 is 0 Å². The van der Waals surface area contributed by atoms with Gasteiger partial charge in [0.15, 0.2) is 0 Å². The van der Waals surface area contributed by atoms with E-state index in [-0.39, 0.29) is 18.4 Å². The summed E-state index contributed by atoms with van der Waals surface area (Å²) in [4.78, 5) is 0. The van der Waals surface area contributed by atoms with Crippen molar-refractivity contribution in [3.8, 4) is 0 Å². The molecule has 0 bridgehead atoms. The molecule has 2 rings (SSSR count). The molecule has 0 aliphatic heterocycles. The summed E-state index contributed by atoms with van der Waals surface area (Å²) in [6, 6.07) is 3.44. The standard InChI is InChI=1S/C13H16Cl3N.ClH/c14-9-6-10(12(16)11(15)7-9)13(17)8-4-2-1-3-5-8;/h6-8,13H,1-5,17H2;1H/t13-;/m1./s1. The smallest absolute Gasteiger partial charge is 0.0641 e. The van der Waals surface area contributed by atoms with Crippen molar-refractivity contribution in [1.29, 1.82) is 0 Å². The Kier molecular flexibility index (Phi) is 6.57. The predicted molar refractivity (Wildman–Crippen MR) is 82.2 cm³/mol. The first-order chi connectivity index (χ1) is 8.09. The van der Waals surface area contributed by atoms with Gasteiger partial charge in [0.2, 0.25) is 0 Å². The first-order valence-corrected chi connectivity index (χ1v) is 7.13. The van der Waals surface area contributed by atoms with Gasteiger partial charge in [-0.3, -0.25) is 0 Å². The molecule has 1 aliphatic rings. The van der Waals surface area contributed by atoms with Crippen LogP contribution in [-0.2, 0) is 0 Å². The van der Waals surface area contributed by atoms with E-state index < -0.39 is 0 Å². The van der Waals surface area contributed by atoms with Crippen molar-refractivity contribution in [2.45, 2.75) is 38.1 Å². The predicted octanol–water partition coefficient (Wildman–Crippen LogP) is 5.65. The molecule has 0 aromatic heterocycles. The van der Waals surface area contributed by atoms with Gasteiger partial charge >= 0.3 is 0 Å². The molecule has 1 fully saturated rings. The van der Waals surface area contributed by atoms with Crippen LogP contribution in [0, 0.1) is 5.92 Å². The highest BCUT2D eigenvalue weighted by molar-refractivity contribution is 6.43. The van der Waals surface area contributed by atoms with Crippen molar-refractivity contribution >= 4 is 47.2 Å². The third-order valence-corrected chi connectivity index (χ3v) is 4.57. The molecular formula is C13H17Cl4N. The third-order valence-electron chi connectivity index (χ3n) is 3.54. The van der Waals surface area contributed by atoms with Crippen LogP contribution in [0.5, 0.6) is 0 Å². The average molecular weight is 329 g/mol. The highest BCUT2D eigenvalue weighted by Gasteiger charge is 2.24. The fourth-order valence-corrected chi connectivity index (χ4v) is 3.31. The maximum atomic E-state index is 6.31. The normalized spacial score (nSPS) is 18.2. The van der Waals surface area contributed by atoms with Crippen LogP contribution in [0.1, 0.15) is 43.7 Å². The molecule has 0 unspecified atom stereocenters. The fraction of sp³-hybridized carbons (Fsp3) is 0.538. The Hall–Kier alpha value is 0.340. The molecule has 5 heteroatoms. The van der Waals surface area contributed by atoms with Crippen LogP contribution in [0.25, 0.3) is 0 Å². The number of hydrogen-bond acceptors (Lipinski definition) is 1. The summed E-state index contributed by atoms with van der Waals surface area (Å²) in [6.07, 6.45) is 6.16. The van der Waals surface area contributed by atoms with Crippen LogP contribution in [0.2, 0.25) is 15.1 Å². The molecule has 18 heavy (non-hydrogen) atoms. The lowest BCUT2D eigenvalue weighted by atomic mass is 9.81. The van der Waals surface area contributed by atoms with Crippen molar-refractivity contribution < 1.29 is 0 Å². The quantitative estimate of drug-likeness (QED) is 0.697. The Bertz CT molecular complexity index is 402. The van der Waals surface area contributed by atoms with Crippen molar-refractivity contribution in [2.24, 2.45) is 11.7 Å². The minimum atomic E-state index is -0.0565. The lowest BCUT2D eigenvalue weighted by Gasteiger charge is -2.28. The molecule has 0 heterocycles. The second kappa shape index (κ2) is 7.21. The van der Waals surface area contributed by atoms with Gasteiger partial charge in [-0.2, -0.15) is 0 Å². The average Bonchev–Trinajstić information content (AvgIpc) is 2.34. The number of hydrogen-bond donors (Lipinski definition) is 1. The molecule has 1 saturated carbocycles. The van der Waals surface area contributed by atoms with Gasteiger partial charge in [0.1, 0.15) is 0 Å². The van der Waals surface area contributed by atoms with Gasteiger partial charge in [0, 0.05) is 11.1 Å². The lowest BCUT2D eigenvalue weighted by molar-refractivity contribution is 0.308. The molecule has 1 aromatic rings. The highest BCUT2D eigenvalue weighted by Crippen LogP contribution is 2.39. The largest absolute Gasteiger partial charge is 0.324 e. The topological polar surface area (TPSA) is 26.0 Å². The molecule has 1 aromatic carbocycles. The van der Waals surface area contributed by atoms with Gasteiger partial charge in [0.05, 0.1) is 10.0 Å². The van der Waals surface area contributed by atoms with Crippen LogP contribution in [0.4, 0.5) is 0 Å². The fourth-order valence-electron chi connectivity index (χ4n) is 2.57. The van der Waals surface area contributed by atoms with E-state index in [1.54, 1.807) is 6.07 Å². The molecule has 1 atom stereocenters. The summed E-state index contributed by atoms with van der Waals surface area (Å²) in [5.74, 6) is 0.496. The number of nitrogens with two attached hydrogens (primary N) is 1.